The minimum Gasteiger partial charge on any atom is -0.311 e. The molecule has 1 N–H and O–H groups in total. The Morgan fingerprint density at radius 2 is 1.90 bits per heavy atom. The Bertz CT molecular complexity index is 428. The van der Waals surface area contributed by atoms with E-state index in [1.807, 2.05) is 0 Å². The standard InChI is InChI=1S/C16H32N2O2S/c1-14(2)15-12-18(10-7-11-21(3,19)20)16(13-17-15)8-5-4-6-9-16/h14-15,17H,4-13H2,1-3H3. The van der Waals surface area contributed by atoms with Crippen LogP contribution in [0.3, 0.4) is 0 Å². The summed E-state index contributed by atoms with van der Waals surface area (Å²) in [5.41, 5.74) is 0.293. The van der Waals surface area contributed by atoms with Crippen molar-refractivity contribution in [3.63, 3.8) is 0 Å². The molecular formula is C16H32N2O2S. The van der Waals surface area contributed by atoms with Crippen LogP contribution >= 0.6 is 0 Å². The van der Waals surface area contributed by atoms with Crippen molar-refractivity contribution in [2.24, 2.45) is 5.92 Å². The lowest BCUT2D eigenvalue weighted by Gasteiger charge is -2.53. The van der Waals surface area contributed by atoms with E-state index in [1.54, 1.807) is 0 Å². The third kappa shape index (κ3) is 4.67. The molecular weight excluding hydrogens is 284 g/mol. The first-order valence-corrected chi connectivity index (χ1v) is 10.5. The highest BCUT2D eigenvalue weighted by Crippen LogP contribution is 2.36. The summed E-state index contributed by atoms with van der Waals surface area (Å²) < 4.78 is 22.8. The first kappa shape index (κ1) is 17.2. The van der Waals surface area contributed by atoms with E-state index in [9.17, 15) is 8.42 Å². The molecule has 2 aliphatic rings. The molecule has 2 fully saturated rings. The number of rotatable bonds is 5. The molecule has 124 valence electrons. The minimum atomic E-state index is -2.84. The van der Waals surface area contributed by atoms with E-state index >= 15 is 0 Å². The number of sulfone groups is 1. The van der Waals surface area contributed by atoms with E-state index in [4.69, 9.17) is 0 Å². The van der Waals surface area contributed by atoms with Crippen LogP contribution in [-0.4, -0.2) is 56.5 Å². The van der Waals surface area contributed by atoms with Crippen molar-refractivity contribution < 1.29 is 8.42 Å². The molecule has 1 aliphatic carbocycles. The molecule has 0 radical (unpaired) electrons. The van der Waals surface area contributed by atoms with Gasteiger partial charge in [0.1, 0.15) is 9.84 Å². The third-order valence-electron chi connectivity index (χ3n) is 5.31. The van der Waals surface area contributed by atoms with Crippen LogP contribution in [0, 0.1) is 5.92 Å². The van der Waals surface area contributed by atoms with Gasteiger partial charge in [-0.25, -0.2) is 8.42 Å². The summed E-state index contributed by atoms with van der Waals surface area (Å²) in [4.78, 5) is 2.62. The van der Waals surface area contributed by atoms with Gasteiger partial charge in [0.2, 0.25) is 0 Å². The smallest absolute Gasteiger partial charge is 0.147 e. The Morgan fingerprint density at radius 3 is 2.48 bits per heavy atom. The van der Waals surface area contributed by atoms with Gasteiger partial charge in [0.05, 0.1) is 5.75 Å². The molecule has 0 bridgehead atoms. The van der Waals surface area contributed by atoms with E-state index in [1.165, 1.54) is 38.4 Å². The summed E-state index contributed by atoms with van der Waals surface area (Å²) >= 11 is 0. The maximum atomic E-state index is 11.4. The van der Waals surface area contributed by atoms with E-state index in [0.29, 0.717) is 23.3 Å². The van der Waals surface area contributed by atoms with Crippen molar-refractivity contribution in [2.75, 3.05) is 31.6 Å². The summed E-state index contributed by atoms with van der Waals surface area (Å²) in [5, 5.41) is 3.76. The molecule has 0 aromatic heterocycles. The minimum absolute atomic E-state index is 0.293. The zero-order valence-corrected chi connectivity index (χ0v) is 14.7. The molecule has 1 aliphatic heterocycles. The van der Waals surface area contributed by atoms with Gasteiger partial charge in [-0.15, -0.1) is 0 Å². The van der Waals surface area contributed by atoms with E-state index < -0.39 is 9.84 Å². The molecule has 1 atom stereocenters. The van der Waals surface area contributed by atoms with Gasteiger partial charge in [-0.3, -0.25) is 4.90 Å². The lowest BCUT2D eigenvalue weighted by Crippen LogP contribution is -2.66. The van der Waals surface area contributed by atoms with E-state index in [2.05, 4.69) is 24.1 Å². The van der Waals surface area contributed by atoms with Gasteiger partial charge in [-0.2, -0.15) is 0 Å². The fraction of sp³-hybridized carbons (Fsp3) is 1.00. The molecule has 0 amide bonds. The van der Waals surface area contributed by atoms with Gasteiger partial charge in [-0.1, -0.05) is 33.1 Å². The highest BCUT2D eigenvalue weighted by molar-refractivity contribution is 7.90. The van der Waals surface area contributed by atoms with Crippen LogP contribution in [-0.2, 0) is 9.84 Å². The van der Waals surface area contributed by atoms with Crippen LogP contribution in [0.1, 0.15) is 52.4 Å². The maximum Gasteiger partial charge on any atom is 0.147 e. The molecule has 4 nitrogen and oxygen atoms in total. The summed E-state index contributed by atoms with van der Waals surface area (Å²) in [7, 11) is -2.84. The van der Waals surface area contributed by atoms with Crippen molar-refractivity contribution in [3.8, 4) is 0 Å². The van der Waals surface area contributed by atoms with Crippen LogP contribution in [0.5, 0.6) is 0 Å². The van der Waals surface area contributed by atoms with Crippen molar-refractivity contribution in [1.29, 1.82) is 0 Å². The topological polar surface area (TPSA) is 49.4 Å². The largest absolute Gasteiger partial charge is 0.311 e. The molecule has 1 unspecified atom stereocenters. The molecule has 1 spiro atoms. The first-order valence-electron chi connectivity index (χ1n) is 8.49. The summed E-state index contributed by atoms with van der Waals surface area (Å²) in [6.45, 7) is 7.62. The Labute approximate surface area is 130 Å². The van der Waals surface area contributed by atoms with Gasteiger partial charge in [-0.05, 0) is 31.7 Å². The highest BCUT2D eigenvalue weighted by atomic mass is 32.2. The van der Waals surface area contributed by atoms with Gasteiger partial charge >= 0.3 is 0 Å². The Morgan fingerprint density at radius 1 is 1.24 bits per heavy atom. The average molecular weight is 317 g/mol. The van der Waals surface area contributed by atoms with E-state index in [0.717, 1.165) is 26.1 Å². The Kier molecular flexibility index (Phi) is 5.71. The van der Waals surface area contributed by atoms with Crippen LogP contribution in [0.2, 0.25) is 0 Å². The van der Waals surface area contributed by atoms with Crippen LogP contribution in [0.4, 0.5) is 0 Å². The maximum absolute atomic E-state index is 11.4. The molecule has 1 saturated carbocycles. The van der Waals surface area contributed by atoms with Gasteiger partial charge in [0, 0.05) is 30.9 Å². The predicted molar refractivity (Wildman–Crippen MR) is 88.3 cm³/mol. The third-order valence-corrected chi connectivity index (χ3v) is 6.34. The fourth-order valence-corrected chi connectivity index (χ4v) is 4.58. The SMILES string of the molecule is CC(C)C1CN(CCCS(C)(=O)=O)C2(CCCCC2)CN1. The number of piperazine rings is 1. The Hall–Kier alpha value is -0.130. The predicted octanol–water partition coefficient (Wildman–Crippen LogP) is 2.05. The fourth-order valence-electron chi connectivity index (χ4n) is 3.92. The summed E-state index contributed by atoms with van der Waals surface area (Å²) in [6.07, 6.45) is 8.64. The molecule has 1 heterocycles. The monoisotopic (exact) mass is 316 g/mol. The van der Waals surface area contributed by atoms with Gasteiger partial charge in [0.25, 0.3) is 0 Å². The lowest BCUT2D eigenvalue weighted by atomic mass is 9.77. The number of hydrogen-bond acceptors (Lipinski definition) is 4. The highest BCUT2D eigenvalue weighted by Gasteiger charge is 2.42. The van der Waals surface area contributed by atoms with Crippen molar-refractivity contribution in [1.82, 2.24) is 10.2 Å². The molecule has 1 saturated heterocycles. The van der Waals surface area contributed by atoms with E-state index in [-0.39, 0.29) is 0 Å². The van der Waals surface area contributed by atoms with Crippen LogP contribution < -0.4 is 5.32 Å². The van der Waals surface area contributed by atoms with Gasteiger partial charge in [0.15, 0.2) is 0 Å². The van der Waals surface area contributed by atoms with Crippen molar-refractivity contribution >= 4 is 9.84 Å². The average Bonchev–Trinajstić information content (AvgIpc) is 2.40. The number of hydrogen-bond donors (Lipinski definition) is 1. The zero-order valence-electron chi connectivity index (χ0n) is 13.9. The number of nitrogens with zero attached hydrogens (tertiary/aromatic N) is 1. The second-order valence-corrected chi connectivity index (χ2v) is 9.71. The van der Waals surface area contributed by atoms with Gasteiger partial charge < -0.3 is 5.32 Å². The lowest BCUT2D eigenvalue weighted by molar-refractivity contribution is 0.00247. The van der Waals surface area contributed by atoms with Crippen LogP contribution in [0.15, 0.2) is 0 Å². The summed E-state index contributed by atoms with van der Waals surface area (Å²) in [5.74, 6) is 0.947. The molecule has 21 heavy (non-hydrogen) atoms. The van der Waals surface area contributed by atoms with Crippen molar-refractivity contribution in [3.05, 3.63) is 0 Å². The number of nitrogens with one attached hydrogen (secondary N) is 1. The Balaban J connectivity index is 2.01. The second-order valence-electron chi connectivity index (χ2n) is 7.45. The molecule has 2 rings (SSSR count). The molecule has 5 heteroatoms. The normalized spacial score (nSPS) is 27.3. The molecule has 0 aromatic carbocycles. The second kappa shape index (κ2) is 6.97. The molecule has 0 aromatic rings. The van der Waals surface area contributed by atoms with Crippen LogP contribution in [0.25, 0.3) is 0 Å². The summed E-state index contributed by atoms with van der Waals surface area (Å²) in [6, 6.07) is 0.538. The quantitative estimate of drug-likeness (QED) is 0.843. The van der Waals surface area contributed by atoms with Crippen molar-refractivity contribution in [2.45, 2.75) is 64.0 Å². The first-order chi connectivity index (χ1) is 9.82. The zero-order chi connectivity index (χ0) is 15.5.